The Morgan fingerprint density at radius 2 is 1.69 bits per heavy atom. The molecule has 0 spiro atoms. The third-order valence-corrected chi connectivity index (χ3v) is 6.22. The van der Waals surface area contributed by atoms with E-state index in [0.29, 0.717) is 22.8 Å². The Morgan fingerprint density at radius 3 is 2.46 bits per heavy atom. The van der Waals surface area contributed by atoms with Crippen molar-refractivity contribution < 1.29 is 14.3 Å². The molecule has 0 saturated heterocycles. The summed E-state index contributed by atoms with van der Waals surface area (Å²) in [5.74, 6) is -0.439. The zero-order valence-electron chi connectivity index (χ0n) is 19.9. The van der Waals surface area contributed by atoms with Crippen LogP contribution in [0, 0.1) is 0 Å². The standard InChI is InChI=1S/C28H30Cl2N2O3/c1-2-3-4-5-6-7-8-13-27(33)32-31-19-24-22-12-10-9-11-20(22)14-17-26(24)35-28(34)23-16-15-21(29)18-25(23)30/h9-12,14-19H,2-8,13H2,1H3,(H,32,33)/b31-19+. The lowest BCUT2D eigenvalue weighted by Crippen LogP contribution is -2.17. The molecule has 1 amide bonds. The van der Waals surface area contributed by atoms with Gasteiger partial charge in [0, 0.05) is 17.0 Å². The van der Waals surface area contributed by atoms with Crippen molar-refractivity contribution in [3.05, 3.63) is 75.8 Å². The van der Waals surface area contributed by atoms with Crippen molar-refractivity contribution in [2.24, 2.45) is 5.10 Å². The molecule has 0 atom stereocenters. The number of unbranched alkanes of at least 4 members (excludes halogenated alkanes) is 6. The third kappa shape index (κ3) is 8.08. The quantitative estimate of drug-likeness (QED) is 0.0878. The Balaban J connectivity index is 1.67. The molecular weight excluding hydrogens is 483 g/mol. The monoisotopic (exact) mass is 512 g/mol. The summed E-state index contributed by atoms with van der Waals surface area (Å²) in [5.41, 5.74) is 3.37. The Morgan fingerprint density at radius 1 is 0.943 bits per heavy atom. The molecule has 0 aliphatic carbocycles. The second-order valence-electron chi connectivity index (χ2n) is 8.38. The molecule has 5 nitrogen and oxygen atoms in total. The summed E-state index contributed by atoms with van der Waals surface area (Å²) in [6.45, 7) is 2.20. The molecule has 1 N–H and O–H groups in total. The van der Waals surface area contributed by atoms with E-state index in [1.54, 1.807) is 12.1 Å². The maximum absolute atomic E-state index is 12.8. The molecule has 3 aromatic carbocycles. The lowest BCUT2D eigenvalue weighted by molar-refractivity contribution is -0.121. The van der Waals surface area contributed by atoms with Crippen molar-refractivity contribution in [3.8, 4) is 5.75 Å². The van der Waals surface area contributed by atoms with Gasteiger partial charge >= 0.3 is 5.97 Å². The van der Waals surface area contributed by atoms with Crippen LogP contribution in [0.4, 0.5) is 0 Å². The Hall–Kier alpha value is -2.89. The normalized spacial score (nSPS) is 11.2. The molecule has 0 aliphatic heterocycles. The number of benzene rings is 3. The van der Waals surface area contributed by atoms with Crippen molar-refractivity contribution in [2.75, 3.05) is 0 Å². The zero-order chi connectivity index (χ0) is 25.0. The number of fused-ring (bicyclic) bond motifs is 1. The minimum Gasteiger partial charge on any atom is -0.422 e. The number of esters is 1. The number of halogens is 2. The lowest BCUT2D eigenvalue weighted by Gasteiger charge is -2.11. The minimum atomic E-state index is -0.612. The average Bonchev–Trinajstić information content (AvgIpc) is 2.84. The summed E-state index contributed by atoms with van der Waals surface area (Å²) in [7, 11) is 0. The SMILES string of the molecule is CCCCCCCCCC(=O)N/N=C/c1c(OC(=O)c2ccc(Cl)cc2Cl)ccc2ccccc12. The first-order chi connectivity index (χ1) is 17.0. The number of nitrogens with one attached hydrogen (secondary N) is 1. The van der Waals surface area contributed by atoms with Crippen LogP contribution in [0.2, 0.25) is 10.0 Å². The van der Waals surface area contributed by atoms with E-state index in [1.807, 2.05) is 30.3 Å². The molecule has 0 aromatic heterocycles. The summed E-state index contributed by atoms with van der Waals surface area (Å²) in [6.07, 6.45) is 9.95. The average molecular weight is 513 g/mol. The number of carbonyl (C=O) groups is 2. The molecular formula is C28H30Cl2N2O3. The highest BCUT2D eigenvalue weighted by Crippen LogP contribution is 2.29. The lowest BCUT2D eigenvalue weighted by atomic mass is 10.0. The van der Waals surface area contributed by atoms with E-state index in [-0.39, 0.29) is 16.5 Å². The smallest absolute Gasteiger partial charge is 0.345 e. The van der Waals surface area contributed by atoms with Gasteiger partial charge in [-0.2, -0.15) is 5.10 Å². The topological polar surface area (TPSA) is 67.8 Å². The van der Waals surface area contributed by atoms with Crippen LogP contribution in [0.15, 0.2) is 59.7 Å². The fourth-order valence-electron chi connectivity index (χ4n) is 3.78. The summed E-state index contributed by atoms with van der Waals surface area (Å²) in [4.78, 5) is 25.0. The molecule has 3 rings (SSSR count). The van der Waals surface area contributed by atoms with Gasteiger partial charge in [0.15, 0.2) is 0 Å². The fourth-order valence-corrected chi connectivity index (χ4v) is 4.26. The number of hydrogen-bond donors (Lipinski definition) is 1. The Kier molecular flexibility index (Phi) is 10.6. The largest absolute Gasteiger partial charge is 0.422 e. The van der Waals surface area contributed by atoms with Gasteiger partial charge in [-0.25, -0.2) is 10.2 Å². The molecule has 0 saturated carbocycles. The van der Waals surface area contributed by atoms with Gasteiger partial charge in [0.05, 0.1) is 16.8 Å². The molecule has 35 heavy (non-hydrogen) atoms. The van der Waals surface area contributed by atoms with Crippen LogP contribution in [0.25, 0.3) is 10.8 Å². The van der Waals surface area contributed by atoms with Gasteiger partial charge in [-0.15, -0.1) is 0 Å². The number of hydrazone groups is 1. The predicted octanol–water partition coefficient (Wildman–Crippen LogP) is 7.96. The zero-order valence-corrected chi connectivity index (χ0v) is 21.4. The highest BCUT2D eigenvalue weighted by molar-refractivity contribution is 6.36. The molecule has 0 aliphatic rings. The fraction of sp³-hybridized carbons (Fsp3) is 0.321. The second kappa shape index (κ2) is 13.9. The van der Waals surface area contributed by atoms with E-state index in [1.165, 1.54) is 44.0 Å². The second-order valence-corrected chi connectivity index (χ2v) is 9.22. The number of rotatable bonds is 12. The summed E-state index contributed by atoms with van der Waals surface area (Å²) in [6, 6.07) is 15.8. The van der Waals surface area contributed by atoms with Gasteiger partial charge in [0.25, 0.3) is 0 Å². The van der Waals surface area contributed by atoms with Crippen LogP contribution in [-0.4, -0.2) is 18.1 Å². The van der Waals surface area contributed by atoms with Crippen LogP contribution in [0.3, 0.4) is 0 Å². The number of amides is 1. The molecule has 184 valence electrons. The number of carbonyl (C=O) groups excluding carboxylic acids is 2. The van der Waals surface area contributed by atoms with Gasteiger partial charge in [-0.1, -0.05) is 99.0 Å². The summed E-state index contributed by atoms with van der Waals surface area (Å²) >= 11 is 12.1. The first-order valence-corrected chi connectivity index (χ1v) is 12.8. The molecule has 0 unspecified atom stereocenters. The van der Waals surface area contributed by atoms with Gasteiger partial charge in [0.1, 0.15) is 5.75 Å². The maximum atomic E-state index is 12.8. The van der Waals surface area contributed by atoms with Crippen molar-refractivity contribution in [1.82, 2.24) is 5.43 Å². The molecule has 0 radical (unpaired) electrons. The van der Waals surface area contributed by atoms with E-state index in [0.717, 1.165) is 30.0 Å². The van der Waals surface area contributed by atoms with Crippen molar-refractivity contribution >= 4 is 52.1 Å². The third-order valence-electron chi connectivity index (χ3n) is 5.67. The molecule has 0 heterocycles. The van der Waals surface area contributed by atoms with Crippen LogP contribution in [-0.2, 0) is 4.79 Å². The van der Waals surface area contributed by atoms with Crippen LogP contribution in [0.1, 0.15) is 74.2 Å². The van der Waals surface area contributed by atoms with E-state index in [9.17, 15) is 9.59 Å². The van der Waals surface area contributed by atoms with Gasteiger partial charge in [-0.3, -0.25) is 4.79 Å². The predicted molar refractivity (Wildman–Crippen MR) is 144 cm³/mol. The summed E-state index contributed by atoms with van der Waals surface area (Å²) < 4.78 is 5.67. The van der Waals surface area contributed by atoms with Gasteiger partial charge in [-0.05, 0) is 41.5 Å². The number of nitrogens with zero attached hydrogens (tertiary/aromatic N) is 1. The Bertz CT molecular complexity index is 1190. The van der Waals surface area contributed by atoms with Crippen molar-refractivity contribution in [3.63, 3.8) is 0 Å². The Labute approximate surface area is 216 Å². The molecule has 0 fully saturated rings. The first-order valence-electron chi connectivity index (χ1n) is 12.0. The molecule has 0 bridgehead atoms. The number of hydrogen-bond acceptors (Lipinski definition) is 4. The van der Waals surface area contributed by atoms with E-state index in [2.05, 4.69) is 17.5 Å². The van der Waals surface area contributed by atoms with Crippen LogP contribution in [0.5, 0.6) is 5.75 Å². The molecule has 7 heteroatoms. The van der Waals surface area contributed by atoms with Crippen LogP contribution >= 0.6 is 23.2 Å². The van der Waals surface area contributed by atoms with Crippen molar-refractivity contribution in [1.29, 1.82) is 0 Å². The summed E-state index contributed by atoms with van der Waals surface area (Å²) in [5, 5.41) is 6.56. The minimum absolute atomic E-state index is 0.137. The van der Waals surface area contributed by atoms with E-state index in [4.69, 9.17) is 27.9 Å². The van der Waals surface area contributed by atoms with E-state index >= 15 is 0 Å². The maximum Gasteiger partial charge on any atom is 0.345 e. The first kappa shape index (κ1) is 26.7. The van der Waals surface area contributed by atoms with Crippen LogP contribution < -0.4 is 10.2 Å². The highest BCUT2D eigenvalue weighted by atomic mass is 35.5. The van der Waals surface area contributed by atoms with Crippen molar-refractivity contribution in [2.45, 2.75) is 58.3 Å². The highest BCUT2D eigenvalue weighted by Gasteiger charge is 2.16. The molecule has 3 aromatic rings. The van der Waals surface area contributed by atoms with E-state index < -0.39 is 5.97 Å². The number of ether oxygens (including phenoxy) is 1. The van der Waals surface area contributed by atoms with Gasteiger partial charge in [0.2, 0.25) is 5.91 Å². The van der Waals surface area contributed by atoms with Gasteiger partial charge < -0.3 is 4.74 Å².